The third kappa shape index (κ3) is 5.51. The van der Waals surface area contributed by atoms with E-state index in [0.29, 0.717) is 17.4 Å². The molecule has 0 amide bonds. The van der Waals surface area contributed by atoms with Gasteiger partial charge in [-0.3, -0.25) is 4.57 Å². The summed E-state index contributed by atoms with van der Waals surface area (Å²) in [5.41, 5.74) is 10.6. The second kappa shape index (κ2) is 13.4. The van der Waals surface area contributed by atoms with Gasteiger partial charge in [0.05, 0.1) is 33.6 Å². The van der Waals surface area contributed by atoms with E-state index in [9.17, 15) is 0 Å². The van der Waals surface area contributed by atoms with Crippen LogP contribution in [0.3, 0.4) is 0 Å². The highest BCUT2D eigenvalue weighted by Gasteiger charge is 2.41. The molecule has 8 aromatic carbocycles. The molecular weight excluding hydrogens is 699 g/mol. The maximum atomic E-state index is 6.67. The normalized spacial score (nSPS) is 12.1. The van der Waals surface area contributed by atoms with Gasteiger partial charge in [-0.1, -0.05) is 109 Å². The van der Waals surface area contributed by atoms with Crippen LogP contribution < -0.4 is 13.9 Å². The van der Waals surface area contributed by atoms with E-state index in [0.717, 1.165) is 77.6 Å². The van der Waals surface area contributed by atoms with Gasteiger partial charge in [-0.2, -0.15) is 0 Å². The quantitative estimate of drug-likeness (QED) is 0.153. The highest BCUT2D eigenvalue weighted by atomic mass is 16.5. The van der Waals surface area contributed by atoms with Crippen LogP contribution in [0.15, 0.2) is 200 Å². The number of para-hydroxylation sites is 2. The molecule has 266 valence electrons. The Hall–Kier alpha value is -7.92. The fourth-order valence-corrected chi connectivity index (χ4v) is 8.17. The van der Waals surface area contributed by atoms with E-state index >= 15 is 0 Å². The number of fused-ring (bicyclic) bond motifs is 6. The van der Waals surface area contributed by atoms with Gasteiger partial charge in [0.1, 0.15) is 11.5 Å². The molecule has 0 unspecified atom stereocenters. The molecule has 2 aromatic heterocycles. The smallest absolute Gasteiger partial charge is 0.457 e. The number of aromatic nitrogens is 3. The Morgan fingerprint density at radius 3 is 1.88 bits per heavy atom. The van der Waals surface area contributed by atoms with E-state index in [4.69, 9.17) is 4.74 Å². The summed E-state index contributed by atoms with van der Waals surface area (Å²) >= 11 is 0. The molecule has 0 N–H and O–H groups in total. The Labute approximate surface area is 328 Å². The molecule has 10 aromatic rings. The van der Waals surface area contributed by atoms with Crippen molar-refractivity contribution >= 4 is 61.3 Å². The van der Waals surface area contributed by atoms with Crippen molar-refractivity contribution in [1.29, 1.82) is 0 Å². The van der Waals surface area contributed by atoms with Crippen LogP contribution in [0, 0.1) is 0 Å². The zero-order valence-electron chi connectivity index (χ0n) is 30.7. The van der Waals surface area contributed by atoms with Crippen LogP contribution in [0.5, 0.6) is 11.5 Å². The van der Waals surface area contributed by atoms with Crippen LogP contribution in [0.25, 0.3) is 60.8 Å². The summed E-state index contributed by atoms with van der Waals surface area (Å²) in [4.78, 5) is 9.19. The summed E-state index contributed by atoms with van der Waals surface area (Å²) in [6.45, 7) is 0. The predicted molar refractivity (Wildman–Crippen MR) is 232 cm³/mol. The third-order valence-corrected chi connectivity index (χ3v) is 10.7. The molecule has 0 saturated carbocycles. The Bertz CT molecular complexity index is 3180. The fraction of sp³-hybridized carbons (Fsp3) is 0. The fourth-order valence-electron chi connectivity index (χ4n) is 8.17. The van der Waals surface area contributed by atoms with Gasteiger partial charge in [-0.05, 0) is 80.3 Å². The zero-order chi connectivity index (χ0) is 37.7. The predicted octanol–water partition coefficient (Wildman–Crippen LogP) is 12.7. The largest absolute Gasteiger partial charge is 0.503 e. The lowest BCUT2D eigenvalue weighted by molar-refractivity contribution is 0.483. The van der Waals surface area contributed by atoms with Crippen molar-refractivity contribution < 1.29 is 4.74 Å². The Balaban J connectivity index is 1.09. The van der Waals surface area contributed by atoms with E-state index in [1.807, 2.05) is 30.3 Å². The van der Waals surface area contributed by atoms with Gasteiger partial charge in [0.25, 0.3) is 5.69 Å². The van der Waals surface area contributed by atoms with Gasteiger partial charge >= 0.3 is 11.7 Å². The molecule has 6 heteroatoms. The summed E-state index contributed by atoms with van der Waals surface area (Å²) in [6, 6.07) is 69.2. The summed E-state index contributed by atoms with van der Waals surface area (Å²) in [5.74, 6) is 2.04. The Morgan fingerprint density at radius 2 is 1.11 bits per heavy atom. The second-order valence-corrected chi connectivity index (χ2v) is 14.0. The molecule has 1 aliphatic rings. The van der Waals surface area contributed by atoms with Gasteiger partial charge in [-0.15, -0.1) is 0 Å². The van der Waals surface area contributed by atoms with Crippen LogP contribution in [0.4, 0.5) is 22.7 Å². The molecule has 6 nitrogen and oxygen atoms in total. The third-order valence-electron chi connectivity index (χ3n) is 10.7. The summed E-state index contributed by atoms with van der Waals surface area (Å²) < 4.78 is 13.2. The van der Waals surface area contributed by atoms with E-state index < -0.39 is 0 Å². The molecule has 11 rings (SSSR count). The average molecular weight is 732 g/mol. The first-order valence-electron chi connectivity index (χ1n) is 19.0. The van der Waals surface area contributed by atoms with Gasteiger partial charge in [0, 0.05) is 41.4 Å². The van der Waals surface area contributed by atoms with Crippen LogP contribution in [-0.2, 0) is 0 Å². The maximum Gasteiger partial charge on any atom is 0.503 e. The minimum Gasteiger partial charge on any atom is -0.457 e. The van der Waals surface area contributed by atoms with Crippen molar-refractivity contribution in [3.8, 4) is 39.7 Å². The highest BCUT2D eigenvalue weighted by Crippen LogP contribution is 2.47. The second-order valence-electron chi connectivity index (χ2n) is 14.0. The molecule has 0 spiro atoms. The molecule has 0 aliphatic carbocycles. The van der Waals surface area contributed by atoms with Crippen LogP contribution >= 0.6 is 0 Å². The number of rotatable bonds is 7. The highest BCUT2D eigenvalue weighted by molar-refractivity contribution is 6.09. The van der Waals surface area contributed by atoms with Gasteiger partial charge in [0.2, 0.25) is 17.3 Å². The number of benzene rings is 8. The van der Waals surface area contributed by atoms with Crippen molar-refractivity contribution in [3.05, 3.63) is 200 Å². The zero-order valence-corrected chi connectivity index (χ0v) is 30.7. The van der Waals surface area contributed by atoms with Crippen molar-refractivity contribution in [2.45, 2.75) is 0 Å². The van der Waals surface area contributed by atoms with E-state index in [2.05, 4.69) is 187 Å². The first kappa shape index (κ1) is 32.5. The van der Waals surface area contributed by atoms with Crippen molar-refractivity contribution in [1.82, 2.24) is 23.7 Å². The molecule has 0 atom stereocenters. The minimum atomic E-state index is 0.614. The van der Waals surface area contributed by atoms with Gasteiger partial charge in [-0.25, -0.2) is 9.97 Å². The van der Waals surface area contributed by atoms with E-state index in [1.165, 1.54) is 0 Å². The molecular formula is C51H33N5O+2. The molecule has 1 aliphatic heterocycles. The van der Waals surface area contributed by atoms with Crippen LogP contribution in [-0.4, -0.2) is 20.5 Å². The maximum absolute atomic E-state index is 6.67. The van der Waals surface area contributed by atoms with Crippen molar-refractivity contribution in [2.75, 3.05) is 0 Å². The summed E-state index contributed by atoms with van der Waals surface area (Å²) in [5, 5.41) is 4.54. The Morgan fingerprint density at radius 1 is 0.456 bits per heavy atom. The lowest BCUT2D eigenvalue weighted by Gasteiger charge is -2.11. The van der Waals surface area contributed by atoms with E-state index in [-0.39, 0.29) is 0 Å². The summed E-state index contributed by atoms with van der Waals surface area (Å²) in [6.07, 6.45) is 3.54. The topological polar surface area (TPSA) is 46.0 Å². The lowest BCUT2D eigenvalue weighted by Crippen LogP contribution is -2.05. The van der Waals surface area contributed by atoms with Crippen molar-refractivity contribution in [3.63, 3.8) is 0 Å². The van der Waals surface area contributed by atoms with Crippen LogP contribution in [0.1, 0.15) is 0 Å². The average Bonchev–Trinajstić information content (AvgIpc) is 3.83. The van der Waals surface area contributed by atoms with E-state index in [1.54, 1.807) is 12.4 Å². The molecule has 0 bridgehead atoms. The number of nitrogens with zero attached hydrogens (tertiary/aromatic N) is 5. The molecule has 3 heterocycles. The molecule has 0 radical (unpaired) electrons. The first-order chi connectivity index (χ1) is 28.3. The SMILES string of the molecule is C1=[N+](c2cccc(Oc3ccc4c5ccccc5n(-c5ncccn5)c4c3)c2)c2ccc3ccccc3c2[N+]=1c1c(-c2ccccc2)cccc1-c1ccccc1. The molecule has 0 saturated heterocycles. The number of hydrogen-bond acceptors (Lipinski definition) is 3. The van der Waals surface area contributed by atoms with Crippen molar-refractivity contribution in [2.24, 2.45) is 0 Å². The number of ether oxygens (including phenoxy) is 1. The van der Waals surface area contributed by atoms with Gasteiger partial charge < -0.3 is 4.74 Å². The first-order valence-corrected chi connectivity index (χ1v) is 19.0. The molecule has 0 fully saturated rings. The van der Waals surface area contributed by atoms with Crippen LogP contribution in [0.2, 0.25) is 0 Å². The minimum absolute atomic E-state index is 0.614. The number of hydrogen-bond donors (Lipinski definition) is 0. The summed E-state index contributed by atoms with van der Waals surface area (Å²) in [7, 11) is 0. The Kier molecular flexibility index (Phi) is 7.66. The monoisotopic (exact) mass is 731 g/mol. The standard InChI is InChI=1S/C51H33N5O/c1-3-14-35(15-4-1)41-23-12-24-42(36-16-5-2-6-17-36)49(41)55-34-54(47-29-26-37-18-7-8-21-43(37)50(47)55)38-19-11-20-39(32-38)57-40-27-28-45-44-22-9-10-25-46(44)56(48(45)33-40)51-52-30-13-31-53-51/h1-33H/q+2. The lowest BCUT2D eigenvalue weighted by atomic mass is 9.95. The molecule has 57 heavy (non-hydrogen) atoms. The van der Waals surface area contributed by atoms with Gasteiger partial charge in [0.15, 0.2) is 0 Å².